The van der Waals surface area contributed by atoms with E-state index in [1.165, 1.54) is 7.11 Å². The zero-order valence-corrected chi connectivity index (χ0v) is 15.0. The molecule has 3 nitrogen and oxygen atoms in total. The van der Waals surface area contributed by atoms with Crippen molar-refractivity contribution < 1.29 is 18.7 Å². The van der Waals surface area contributed by atoms with Crippen LogP contribution in [0.25, 0.3) is 11.1 Å². The van der Waals surface area contributed by atoms with Crippen LogP contribution in [0.1, 0.15) is 31.1 Å². The SMILES string of the molecule is COc1cccc(-c2cc(Br)cc(C(=O)OC(C)(C)C)c2)c1F. The van der Waals surface area contributed by atoms with Gasteiger partial charge in [0.05, 0.1) is 12.7 Å². The Morgan fingerprint density at radius 2 is 1.87 bits per heavy atom. The minimum atomic E-state index is -0.596. The summed E-state index contributed by atoms with van der Waals surface area (Å²) in [7, 11) is 1.41. The van der Waals surface area contributed by atoms with Gasteiger partial charge < -0.3 is 9.47 Å². The van der Waals surface area contributed by atoms with Crippen LogP contribution < -0.4 is 4.74 Å². The second-order valence-electron chi connectivity index (χ2n) is 6.05. The van der Waals surface area contributed by atoms with Crippen molar-refractivity contribution in [3.05, 3.63) is 52.3 Å². The van der Waals surface area contributed by atoms with Gasteiger partial charge in [-0.2, -0.15) is 0 Å². The number of esters is 1. The molecule has 122 valence electrons. The van der Waals surface area contributed by atoms with Gasteiger partial charge in [-0.15, -0.1) is 0 Å². The van der Waals surface area contributed by atoms with Crippen molar-refractivity contribution >= 4 is 21.9 Å². The zero-order chi connectivity index (χ0) is 17.2. The molecule has 0 fully saturated rings. The van der Waals surface area contributed by atoms with E-state index >= 15 is 0 Å². The Labute approximate surface area is 143 Å². The van der Waals surface area contributed by atoms with Gasteiger partial charge in [0.15, 0.2) is 11.6 Å². The molecule has 0 saturated heterocycles. The van der Waals surface area contributed by atoms with E-state index in [9.17, 15) is 9.18 Å². The number of ether oxygens (including phenoxy) is 2. The first kappa shape index (κ1) is 17.5. The molecule has 5 heteroatoms. The van der Waals surface area contributed by atoms with Crippen LogP contribution in [0.2, 0.25) is 0 Å². The molecule has 0 radical (unpaired) electrons. The smallest absolute Gasteiger partial charge is 0.338 e. The number of carbonyl (C=O) groups excluding carboxylic acids is 1. The first-order valence-corrected chi connectivity index (χ1v) is 7.87. The number of halogens is 2. The lowest BCUT2D eigenvalue weighted by Crippen LogP contribution is -2.23. The second-order valence-corrected chi connectivity index (χ2v) is 6.97. The van der Waals surface area contributed by atoms with E-state index in [1.54, 1.807) is 57.2 Å². The summed E-state index contributed by atoms with van der Waals surface area (Å²) in [5, 5.41) is 0. The predicted octanol–water partition coefficient (Wildman–Crippen LogP) is 5.22. The number of carbonyl (C=O) groups is 1. The van der Waals surface area contributed by atoms with Crippen molar-refractivity contribution in [3.63, 3.8) is 0 Å². The van der Waals surface area contributed by atoms with E-state index in [4.69, 9.17) is 9.47 Å². The number of rotatable bonds is 3. The Bertz CT molecular complexity index is 736. The molecule has 0 heterocycles. The molecule has 0 unspecified atom stereocenters. The van der Waals surface area contributed by atoms with Gasteiger partial charge in [0.1, 0.15) is 5.60 Å². The first-order valence-electron chi connectivity index (χ1n) is 7.08. The largest absolute Gasteiger partial charge is 0.494 e. The Hall–Kier alpha value is -1.88. The normalized spacial score (nSPS) is 11.2. The van der Waals surface area contributed by atoms with Gasteiger partial charge in [0, 0.05) is 10.0 Å². The maximum atomic E-state index is 14.4. The summed E-state index contributed by atoms with van der Waals surface area (Å²) in [5.41, 5.74) is 0.680. The van der Waals surface area contributed by atoms with Gasteiger partial charge >= 0.3 is 5.97 Å². The average molecular weight is 381 g/mol. The molecule has 0 aliphatic rings. The van der Waals surface area contributed by atoms with Gasteiger partial charge in [0.25, 0.3) is 0 Å². The van der Waals surface area contributed by atoms with Gasteiger partial charge in [-0.05, 0) is 50.6 Å². The van der Waals surface area contributed by atoms with Crippen molar-refractivity contribution in [2.75, 3.05) is 7.11 Å². The Morgan fingerprint density at radius 3 is 2.48 bits per heavy atom. The van der Waals surface area contributed by atoms with Crippen LogP contribution in [0.5, 0.6) is 5.75 Å². The molecular formula is C18H18BrFO3. The highest BCUT2D eigenvalue weighted by Gasteiger charge is 2.19. The highest BCUT2D eigenvalue weighted by Crippen LogP contribution is 2.32. The van der Waals surface area contributed by atoms with E-state index in [0.717, 1.165) is 0 Å². The lowest BCUT2D eigenvalue weighted by molar-refractivity contribution is 0.00695. The summed E-state index contributed by atoms with van der Waals surface area (Å²) in [5.74, 6) is -0.770. The van der Waals surface area contributed by atoms with Gasteiger partial charge in [-0.25, -0.2) is 9.18 Å². The predicted molar refractivity (Wildman–Crippen MR) is 91.3 cm³/mol. The van der Waals surface area contributed by atoms with Crippen LogP contribution in [0.3, 0.4) is 0 Å². The van der Waals surface area contributed by atoms with Crippen molar-refractivity contribution in [2.45, 2.75) is 26.4 Å². The summed E-state index contributed by atoms with van der Waals surface area (Å²) >= 11 is 3.36. The number of benzene rings is 2. The third kappa shape index (κ3) is 4.32. The van der Waals surface area contributed by atoms with Crippen molar-refractivity contribution in [3.8, 4) is 16.9 Å². The van der Waals surface area contributed by atoms with E-state index < -0.39 is 17.4 Å². The summed E-state index contributed by atoms with van der Waals surface area (Å²) in [6, 6.07) is 9.88. The minimum absolute atomic E-state index is 0.154. The van der Waals surface area contributed by atoms with Crippen LogP contribution in [0, 0.1) is 5.82 Å². The molecule has 0 atom stereocenters. The van der Waals surface area contributed by atoms with Gasteiger partial charge in [0.2, 0.25) is 0 Å². The molecule has 0 spiro atoms. The Kier molecular flexibility index (Phi) is 5.09. The molecular weight excluding hydrogens is 363 g/mol. The third-order valence-electron chi connectivity index (χ3n) is 3.03. The molecule has 0 bridgehead atoms. The summed E-state index contributed by atoms with van der Waals surface area (Å²) < 4.78 is 25.5. The Morgan fingerprint density at radius 1 is 1.17 bits per heavy atom. The number of hydrogen-bond acceptors (Lipinski definition) is 3. The molecule has 2 rings (SSSR count). The molecule has 2 aromatic rings. The van der Waals surface area contributed by atoms with Crippen molar-refractivity contribution in [1.29, 1.82) is 0 Å². The van der Waals surface area contributed by atoms with Gasteiger partial charge in [-0.3, -0.25) is 0 Å². The van der Waals surface area contributed by atoms with E-state index in [1.807, 2.05) is 0 Å². The lowest BCUT2D eigenvalue weighted by atomic mass is 10.0. The second kappa shape index (κ2) is 6.71. The number of hydrogen-bond donors (Lipinski definition) is 0. The van der Waals surface area contributed by atoms with E-state index in [0.29, 0.717) is 21.2 Å². The highest BCUT2D eigenvalue weighted by molar-refractivity contribution is 9.10. The van der Waals surface area contributed by atoms with Crippen LogP contribution in [0.15, 0.2) is 40.9 Å². The molecule has 0 aliphatic heterocycles. The van der Waals surface area contributed by atoms with Crippen LogP contribution in [-0.2, 0) is 4.74 Å². The maximum Gasteiger partial charge on any atom is 0.338 e. The summed E-state index contributed by atoms with van der Waals surface area (Å²) in [4.78, 5) is 12.2. The van der Waals surface area contributed by atoms with Gasteiger partial charge in [-0.1, -0.05) is 28.1 Å². The fourth-order valence-electron chi connectivity index (χ4n) is 2.09. The van der Waals surface area contributed by atoms with Crippen LogP contribution in [-0.4, -0.2) is 18.7 Å². The fraction of sp³-hybridized carbons (Fsp3) is 0.278. The highest BCUT2D eigenvalue weighted by atomic mass is 79.9. The summed E-state index contributed by atoms with van der Waals surface area (Å²) in [6.07, 6.45) is 0. The molecule has 2 aromatic carbocycles. The molecule has 0 aliphatic carbocycles. The summed E-state index contributed by atoms with van der Waals surface area (Å²) in [6.45, 7) is 5.39. The monoisotopic (exact) mass is 380 g/mol. The molecule has 0 aromatic heterocycles. The zero-order valence-electron chi connectivity index (χ0n) is 13.4. The average Bonchev–Trinajstić information content (AvgIpc) is 2.45. The number of methoxy groups -OCH3 is 1. The topological polar surface area (TPSA) is 35.5 Å². The van der Waals surface area contributed by atoms with E-state index in [-0.39, 0.29) is 5.75 Å². The molecule has 0 amide bonds. The fourth-order valence-corrected chi connectivity index (χ4v) is 2.58. The molecule has 0 N–H and O–H groups in total. The quantitative estimate of drug-likeness (QED) is 0.684. The Balaban J connectivity index is 2.48. The van der Waals surface area contributed by atoms with Crippen LogP contribution in [0.4, 0.5) is 4.39 Å². The maximum absolute atomic E-state index is 14.4. The van der Waals surface area contributed by atoms with Crippen molar-refractivity contribution in [1.82, 2.24) is 0 Å². The van der Waals surface area contributed by atoms with Crippen molar-refractivity contribution in [2.24, 2.45) is 0 Å². The van der Waals surface area contributed by atoms with E-state index in [2.05, 4.69) is 15.9 Å². The minimum Gasteiger partial charge on any atom is -0.494 e. The standard InChI is InChI=1S/C18H18BrFO3/c1-18(2,3)23-17(21)12-8-11(9-13(19)10-12)14-6-5-7-15(22-4)16(14)20/h5-10H,1-4H3. The first-order chi connectivity index (χ1) is 10.7. The lowest BCUT2D eigenvalue weighted by Gasteiger charge is -2.20. The van der Waals surface area contributed by atoms with Crippen LogP contribution >= 0.6 is 15.9 Å². The molecule has 0 saturated carbocycles. The molecule has 23 heavy (non-hydrogen) atoms. The third-order valence-corrected chi connectivity index (χ3v) is 3.48.